The Kier molecular flexibility index (Phi) is 3.86. The Morgan fingerprint density at radius 1 is 1.44 bits per heavy atom. The molecule has 18 heavy (non-hydrogen) atoms. The van der Waals surface area contributed by atoms with Crippen molar-refractivity contribution in [3.8, 4) is 0 Å². The number of thioether (sulfide) groups is 1. The number of nitrogens with two attached hydrogens (primary N) is 2. The highest BCUT2D eigenvalue weighted by Gasteiger charge is 2.27. The van der Waals surface area contributed by atoms with Crippen molar-refractivity contribution in [2.75, 3.05) is 12.3 Å². The van der Waals surface area contributed by atoms with Crippen LogP contribution in [0.3, 0.4) is 0 Å². The van der Waals surface area contributed by atoms with E-state index in [1.165, 1.54) is 17.8 Å². The zero-order valence-electron chi connectivity index (χ0n) is 10.00. The fourth-order valence-electron chi connectivity index (χ4n) is 1.87. The van der Waals surface area contributed by atoms with E-state index in [2.05, 4.69) is 0 Å². The minimum Gasteiger partial charge on any atom is -0.399 e. The van der Waals surface area contributed by atoms with Crippen molar-refractivity contribution in [2.24, 2.45) is 5.14 Å². The van der Waals surface area contributed by atoms with E-state index in [0.29, 0.717) is 17.2 Å². The lowest BCUT2D eigenvalue weighted by Gasteiger charge is -2.15. The Labute approximate surface area is 111 Å². The van der Waals surface area contributed by atoms with Gasteiger partial charge in [0.15, 0.2) is 0 Å². The molecule has 0 bridgehead atoms. The molecular formula is C11H16N2O3S2. The third-order valence-corrected chi connectivity index (χ3v) is 5.47. The van der Waals surface area contributed by atoms with Gasteiger partial charge in [-0.3, -0.25) is 0 Å². The third-order valence-electron chi connectivity index (χ3n) is 2.86. The summed E-state index contributed by atoms with van der Waals surface area (Å²) in [5.74, 6) is 0. The molecule has 0 aliphatic carbocycles. The summed E-state index contributed by atoms with van der Waals surface area (Å²) >= 11 is 1.48. The van der Waals surface area contributed by atoms with Gasteiger partial charge in [-0.15, -0.1) is 11.8 Å². The lowest BCUT2D eigenvalue weighted by Crippen LogP contribution is -2.16. The van der Waals surface area contributed by atoms with Crippen molar-refractivity contribution in [1.82, 2.24) is 0 Å². The van der Waals surface area contributed by atoms with Gasteiger partial charge in [0.2, 0.25) is 10.0 Å². The number of ether oxygens (including phenoxy) is 1. The number of hydrogen-bond donors (Lipinski definition) is 2. The van der Waals surface area contributed by atoms with E-state index in [9.17, 15) is 8.42 Å². The molecule has 1 heterocycles. The van der Waals surface area contributed by atoms with Crippen LogP contribution >= 0.6 is 11.8 Å². The molecule has 1 aliphatic heterocycles. The maximum absolute atomic E-state index is 11.5. The molecule has 0 amide bonds. The van der Waals surface area contributed by atoms with Gasteiger partial charge in [-0.2, -0.15) is 0 Å². The fraction of sp³-hybridized carbons (Fsp3) is 0.455. The molecule has 2 rings (SSSR count). The first-order chi connectivity index (χ1) is 8.38. The quantitative estimate of drug-likeness (QED) is 0.814. The molecule has 2 atom stereocenters. The number of hydrogen-bond acceptors (Lipinski definition) is 5. The summed E-state index contributed by atoms with van der Waals surface area (Å²) in [5.41, 5.74) is 5.99. The molecule has 5 nitrogen and oxygen atoms in total. The number of nitrogen functional groups attached to an aromatic ring is 1. The molecule has 1 fully saturated rings. The lowest BCUT2D eigenvalue weighted by molar-refractivity contribution is 0.127. The molecule has 1 aliphatic rings. The van der Waals surface area contributed by atoms with Crippen LogP contribution in [-0.2, 0) is 14.8 Å². The Bertz CT molecular complexity index is 545. The van der Waals surface area contributed by atoms with E-state index in [-0.39, 0.29) is 16.2 Å². The van der Waals surface area contributed by atoms with E-state index < -0.39 is 10.0 Å². The molecule has 100 valence electrons. The lowest BCUT2D eigenvalue weighted by atomic mass is 10.3. The number of benzene rings is 1. The van der Waals surface area contributed by atoms with Gasteiger partial charge in [0.25, 0.3) is 0 Å². The maximum atomic E-state index is 11.5. The van der Waals surface area contributed by atoms with Crippen LogP contribution in [0.5, 0.6) is 0 Å². The van der Waals surface area contributed by atoms with Gasteiger partial charge in [0.1, 0.15) is 0 Å². The predicted octanol–water partition coefficient (Wildman–Crippen LogP) is 1.19. The van der Waals surface area contributed by atoms with Crippen molar-refractivity contribution < 1.29 is 13.2 Å². The molecule has 4 N–H and O–H groups in total. The Morgan fingerprint density at radius 2 is 2.17 bits per heavy atom. The van der Waals surface area contributed by atoms with Gasteiger partial charge < -0.3 is 10.5 Å². The standard InChI is InChI=1S/C11H16N2O3S2/c1-7-9(4-5-16-7)17-10-3-2-8(12)6-11(10)18(13,14)15/h2-3,6-7,9H,4-5,12H2,1H3,(H2,13,14,15). The van der Waals surface area contributed by atoms with Crippen molar-refractivity contribution in [1.29, 1.82) is 0 Å². The summed E-state index contributed by atoms with van der Waals surface area (Å²) in [6, 6.07) is 4.78. The molecule has 0 spiro atoms. The first kappa shape index (κ1) is 13.7. The predicted molar refractivity (Wildman–Crippen MR) is 71.9 cm³/mol. The van der Waals surface area contributed by atoms with Gasteiger partial charge in [-0.05, 0) is 31.5 Å². The Morgan fingerprint density at radius 3 is 2.72 bits per heavy atom. The zero-order valence-corrected chi connectivity index (χ0v) is 11.6. The first-order valence-corrected chi connectivity index (χ1v) is 8.01. The summed E-state index contributed by atoms with van der Waals surface area (Å²) in [5, 5.41) is 5.45. The number of primary sulfonamides is 1. The summed E-state index contributed by atoms with van der Waals surface area (Å²) in [6.45, 7) is 2.69. The van der Waals surface area contributed by atoms with Crippen LogP contribution in [0.15, 0.2) is 28.0 Å². The molecule has 0 aromatic heterocycles. The monoisotopic (exact) mass is 288 g/mol. The highest BCUT2D eigenvalue weighted by atomic mass is 32.2. The second-order valence-corrected chi connectivity index (χ2v) is 7.08. The number of rotatable bonds is 3. The summed E-state index contributed by atoms with van der Waals surface area (Å²) < 4.78 is 28.5. The second-order valence-electron chi connectivity index (χ2n) is 4.27. The van der Waals surface area contributed by atoms with E-state index in [1.54, 1.807) is 12.1 Å². The van der Waals surface area contributed by atoms with Crippen molar-refractivity contribution in [3.63, 3.8) is 0 Å². The summed E-state index contributed by atoms with van der Waals surface area (Å²) in [7, 11) is -3.76. The normalized spacial score (nSPS) is 24.3. The molecule has 1 aromatic rings. The average Bonchev–Trinajstić information content (AvgIpc) is 2.66. The Hall–Kier alpha value is -0.760. The van der Waals surface area contributed by atoms with Gasteiger partial charge in [0, 0.05) is 22.4 Å². The van der Waals surface area contributed by atoms with Gasteiger partial charge >= 0.3 is 0 Å². The first-order valence-electron chi connectivity index (χ1n) is 5.58. The highest BCUT2D eigenvalue weighted by molar-refractivity contribution is 8.00. The van der Waals surface area contributed by atoms with Crippen LogP contribution in [-0.4, -0.2) is 26.4 Å². The zero-order chi connectivity index (χ0) is 13.3. The molecule has 7 heteroatoms. The second kappa shape index (κ2) is 5.08. The van der Waals surface area contributed by atoms with Gasteiger partial charge in [-0.1, -0.05) is 0 Å². The van der Waals surface area contributed by atoms with Crippen molar-refractivity contribution >= 4 is 27.5 Å². The van der Waals surface area contributed by atoms with Crippen LogP contribution < -0.4 is 10.9 Å². The van der Waals surface area contributed by atoms with Gasteiger partial charge in [-0.25, -0.2) is 13.6 Å². The smallest absolute Gasteiger partial charge is 0.239 e. The van der Waals surface area contributed by atoms with Gasteiger partial charge in [0.05, 0.1) is 11.0 Å². The summed E-state index contributed by atoms with van der Waals surface area (Å²) in [6.07, 6.45) is 1.01. The minimum absolute atomic E-state index is 0.0894. The highest BCUT2D eigenvalue weighted by Crippen LogP contribution is 2.36. The Balaban J connectivity index is 2.33. The van der Waals surface area contributed by atoms with Crippen LogP contribution in [0.2, 0.25) is 0 Å². The van der Waals surface area contributed by atoms with Crippen molar-refractivity contribution in [2.45, 2.75) is 34.5 Å². The largest absolute Gasteiger partial charge is 0.399 e. The van der Waals surface area contributed by atoms with Crippen LogP contribution in [0, 0.1) is 0 Å². The molecule has 1 saturated heterocycles. The topological polar surface area (TPSA) is 95.4 Å². The van der Waals surface area contributed by atoms with Crippen molar-refractivity contribution in [3.05, 3.63) is 18.2 Å². The average molecular weight is 288 g/mol. The maximum Gasteiger partial charge on any atom is 0.239 e. The van der Waals surface area contributed by atoms with E-state index in [1.807, 2.05) is 6.92 Å². The van der Waals surface area contributed by atoms with Crippen LogP contribution in [0.25, 0.3) is 0 Å². The molecule has 1 aromatic carbocycles. The van der Waals surface area contributed by atoms with E-state index in [0.717, 1.165) is 6.42 Å². The molecule has 0 saturated carbocycles. The third kappa shape index (κ3) is 2.97. The minimum atomic E-state index is -3.76. The number of anilines is 1. The van der Waals surface area contributed by atoms with Crippen LogP contribution in [0.1, 0.15) is 13.3 Å². The molecular weight excluding hydrogens is 272 g/mol. The van der Waals surface area contributed by atoms with E-state index >= 15 is 0 Å². The molecule has 2 unspecified atom stereocenters. The summed E-state index contributed by atoms with van der Waals surface area (Å²) in [4.78, 5) is 0.723. The fourth-order valence-corrected chi connectivity index (χ4v) is 4.15. The number of sulfonamides is 1. The van der Waals surface area contributed by atoms with E-state index in [4.69, 9.17) is 15.6 Å². The van der Waals surface area contributed by atoms with Crippen LogP contribution in [0.4, 0.5) is 5.69 Å². The molecule has 0 radical (unpaired) electrons. The SMILES string of the molecule is CC1OCCC1Sc1ccc(N)cc1S(N)(=O)=O.